The SMILES string of the molecule is Cc1cc(N2C[C@H]3CC[C@@H](C2)C3Nc2nc3c(-c4cccc(C(F)(F)F)c4)cccn3n2)sn1. The van der Waals surface area contributed by atoms with Crippen LogP contribution in [-0.4, -0.2) is 38.1 Å². The molecular weight excluding hydrogens is 461 g/mol. The van der Waals surface area contributed by atoms with Gasteiger partial charge in [0.25, 0.3) is 0 Å². The normalized spacial score (nSPS) is 22.5. The Morgan fingerprint density at radius 3 is 2.56 bits per heavy atom. The molecule has 1 unspecified atom stereocenters. The fourth-order valence-corrected chi connectivity index (χ4v) is 6.12. The van der Waals surface area contributed by atoms with E-state index in [2.05, 4.69) is 25.8 Å². The molecular formula is C24H23F3N6S. The number of anilines is 2. The molecule has 1 aliphatic heterocycles. The largest absolute Gasteiger partial charge is 0.416 e. The molecule has 6 rings (SSSR count). The van der Waals surface area contributed by atoms with E-state index in [1.54, 1.807) is 40.4 Å². The van der Waals surface area contributed by atoms with Crippen LogP contribution < -0.4 is 10.2 Å². The molecule has 1 aliphatic carbocycles. The van der Waals surface area contributed by atoms with Gasteiger partial charge in [0, 0.05) is 30.9 Å². The first-order valence-electron chi connectivity index (χ1n) is 11.3. The molecule has 10 heteroatoms. The Bertz CT molecular complexity index is 1330. The number of aromatic nitrogens is 4. The molecule has 0 radical (unpaired) electrons. The van der Waals surface area contributed by atoms with Crippen LogP contribution in [0.3, 0.4) is 0 Å². The Kier molecular flexibility index (Phi) is 5.02. The molecule has 1 aromatic carbocycles. The standard InChI is InChI=1S/C24H23F3N6S/c1-14-10-20(34-31-14)32-12-16-7-8-17(13-32)21(16)28-23-29-22-19(6-3-9-33(22)30-23)15-4-2-5-18(11-15)24(25,26)27/h2-6,9-11,16-17,21H,7-8,12-13H2,1H3,(H,28,30)/t16-,17+,21?. The number of pyridine rings is 1. The van der Waals surface area contributed by atoms with Crippen LogP contribution in [0.2, 0.25) is 0 Å². The highest BCUT2D eigenvalue weighted by atomic mass is 32.1. The molecule has 34 heavy (non-hydrogen) atoms. The monoisotopic (exact) mass is 484 g/mol. The van der Waals surface area contributed by atoms with E-state index in [1.165, 1.54) is 11.1 Å². The molecule has 4 heterocycles. The molecule has 176 valence electrons. The van der Waals surface area contributed by atoms with E-state index in [9.17, 15) is 13.2 Å². The van der Waals surface area contributed by atoms with E-state index >= 15 is 0 Å². The summed E-state index contributed by atoms with van der Waals surface area (Å²) in [6, 6.07) is 11.3. The predicted molar refractivity (Wildman–Crippen MR) is 126 cm³/mol. The number of hydrogen-bond acceptors (Lipinski definition) is 6. The minimum atomic E-state index is -4.40. The van der Waals surface area contributed by atoms with Gasteiger partial charge in [-0.25, -0.2) is 4.52 Å². The van der Waals surface area contributed by atoms with Crippen molar-refractivity contribution in [3.05, 3.63) is 59.9 Å². The lowest BCUT2D eigenvalue weighted by Gasteiger charge is -2.38. The number of nitrogens with zero attached hydrogens (tertiary/aromatic N) is 5. The summed E-state index contributed by atoms with van der Waals surface area (Å²) in [5.74, 6) is 1.48. The van der Waals surface area contributed by atoms with Gasteiger partial charge in [-0.05, 0) is 79.0 Å². The summed E-state index contributed by atoms with van der Waals surface area (Å²) in [7, 11) is 0. The van der Waals surface area contributed by atoms with Gasteiger partial charge in [-0.1, -0.05) is 12.1 Å². The van der Waals surface area contributed by atoms with Gasteiger partial charge in [-0.15, -0.1) is 5.10 Å². The molecule has 1 saturated heterocycles. The minimum Gasteiger partial charge on any atom is -0.361 e. The number of hydrogen-bond donors (Lipinski definition) is 1. The number of rotatable bonds is 4. The van der Waals surface area contributed by atoms with Gasteiger partial charge in [0.15, 0.2) is 5.65 Å². The zero-order valence-electron chi connectivity index (χ0n) is 18.5. The van der Waals surface area contributed by atoms with E-state index in [-0.39, 0.29) is 6.04 Å². The van der Waals surface area contributed by atoms with Crippen LogP contribution >= 0.6 is 11.5 Å². The van der Waals surface area contributed by atoms with Gasteiger partial charge < -0.3 is 10.2 Å². The second kappa shape index (κ2) is 7.97. The quantitative estimate of drug-likeness (QED) is 0.414. The third-order valence-corrected chi connectivity index (χ3v) is 7.86. The van der Waals surface area contributed by atoms with Crippen molar-refractivity contribution in [2.45, 2.75) is 32.0 Å². The zero-order valence-corrected chi connectivity index (χ0v) is 19.3. The van der Waals surface area contributed by atoms with Crippen molar-refractivity contribution in [3.8, 4) is 11.1 Å². The zero-order chi connectivity index (χ0) is 23.4. The number of benzene rings is 1. The van der Waals surface area contributed by atoms with Crippen LogP contribution in [0.5, 0.6) is 0 Å². The summed E-state index contributed by atoms with van der Waals surface area (Å²) < 4.78 is 45.7. The van der Waals surface area contributed by atoms with Crippen molar-refractivity contribution >= 4 is 28.1 Å². The highest BCUT2D eigenvalue weighted by molar-refractivity contribution is 7.10. The van der Waals surface area contributed by atoms with Crippen LogP contribution in [0.4, 0.5) is 24.1 Å². The Morgan fingerprint density at radius 2 is 1.85 bits per heavy atom. The molecule has 2 fully saturated rings. The van der Waals surface area contributed by atoms with Gasteiger partial charge in [0.05, 0.1) is 11.3 Å². The van der Waals surface area contributed by atoms with E-state index in [0.29, 0.717) is 34.6 Å². The number of fused-ring (bicyclic) bond motifs is 3. The van der Waals surface area contributed by atoms with Gasteiger partial charge in [-0.2, -0.15) is 22.5 Å². The molecule has 6 nitrogen and oxygen atoms in total. The summed E-state index contributed by atoms with van der Waals surface area (Å²) in [6.07, 6.45) is -0.319. The average molecular weight is 485 g/mol. The first kappa shape index (κ1) is 21.4. The van der Waals surface area contributed by atoms with Crippen molar-refractivity contribution in [3.63, 3.8) is 0 Å². The molecule has 1 N–H and O–H groups in total. The van der Waals surface area contributed by atoms with E-state index in [1.807, 2.05) is 6.92 Å². The first-order valence-corrected chi connectivity index (χ1v) is 12.1. The number of alkyl halides is 3. The molecule has 1 saturated carbocycles. The molecule has 4 aromatic rings. The number of aryl methyl sites for hydroxylation is 1. The van der Waals surface area contributed by atoms with Crippen LogP contribution in [-0.2, 0) is 6.18 Å². The topological polar surface area (TPSA) is 58.4 Å². The molecule has 3 aromatic heterocycles. The number of halogens is 3. The fourth-order valence-electron chi connectivity index (χ4n) is 5.34. The predicted octanol–water partition coefficient (Wildman–Crippen LogP) is 5.51. The fraction of sp³-hybridized carbons (Fsp3) is 0.375. The second-order valence-corrected chi connectivity index (χ2v) is 9.97. The van der Waals surface area contributed by atoms with E-state index in [4.69, 9.17) is 4.98 Å². The van der Waals surface area contributed by atoms with Crippen molar-refractivity contribution in [2.24, 2.45) is 11.8 Å². The lowest BCUT2D eigenvalue weighted by Crippen LogP contribution is -2.48. The van der Waals surface area contributed by atoms with Crippen LogP contribution in [0.1, 0.15) is 24.1 Å². The lowest BCUT2D eigenvalue weighted by molar-refractivity contribution is -0.137. The Balaban J connectivity index is 1.26. The van der Waals surface area contributed by atoms with Gasteiger partial charge >= 0.3 is 6.18 Å². The third-order valence-electron chi connectivity index (χ3n) is 6.92. The summed E-state index contributed by atoms with van der Waals surface area (Å²) in [5, 5.41) is 9.38. The summed E-state index contributed by atoms with van der Waals surface area (Å²) in [4.78, 5) is 7.13. The Labute approximate surface area is 198 Å². The van der Waals surface area contributed by atoms with Crippen LogP contribution in [0.15, 0.2) is 48.7 Å². The van der Waals surface area contributed by atoms with Gasteiger partial charge in [-0.3, -0.25) is 0 Å². The Morgan fingerprint density at radius 1 is 1.06 bits per heavy atom. The second-order valence-electron chi connectivity index (χ2n) is 9.18. The van der Waals surface area contributed by atoms with Crippen molar-refractivity contribution < 1.29 is 13.2 Å². The minimum absolute atomic E-state index is 0.277. The highest BCUT2D eigenvalue weighted by Gasteiger charge is 2.43. The number of nitrogens with one attached hydrogen (secondary N) is 1. The lowest BCUT2D eigenvalue weighted by atomic mass is 9.92. The maximum Gasteiger partial charge on any atom is 0.416 e. The summed E-state index contributed by atoms with van der Waals surface area (Å²) in [5.41, 5.74) is 2.00. The van der Waals surface area contributed by atoms with Gasteiger partial charge in [0.2, 0.25) is 5.95 Å². The van der Waals surface area contributed by atoms with E-state index < -0.39 is 11.7 Å². The van der Waals surface area contributed by atoms with Gasteiger partial charge in [0.1, 0.15) is 5.00 Å². The van der Waals surface area contributed by atoms with E-state index in [0.717, 1.165) is 43.8 Å². The summed E-state index contributed by atoms with van der Waals surface area (Å²) >= 11 is 1.56. The number of piperidine rings is 1. The van der Waals surface area contributed by atoms with Crippen molar-refractivity contribution in [2.75, 3.05) is 23.3 Å². The molecule has 2 bridgehead atoms. The smallest absolute Gasteiger partial charge is 0.361 e. The average Bonchev–Trinajstić information content (AvgIpc) is 3.48. The third kappa shape index (κ3) is 3.79. The maximum atomic E-state index is 13.2. The van der Waals surface area contributed by atoms with Crippen molar-refractivity contribution in [1.82, 2.24) is 19.0 Å². The molecule has 3 atom stereocenters. The Hall–Kier alpha value is -3.14. The maximum absolute atomic E-state index is 13.2. The molecule has 0 amide bonds. The molecule has 0 spiro atoms. The molecule has 2 aliphatic rings. The van der Waals surface area contributed by atoms with Crippen LogP contribution in [0, 0.1) is 18.8 Å². The highest BCUT2D eigenvalue weighted by Crippen LogP contribution is 2.41. The van der Waals surface area contributed by atoms with Crippen LogP contribution in [0.25, 0.3) is 16.8 Å². The van der Waals surface area contributed by atoms with Crippen molar-refractivity contribution in [1.29, 1.82) is 0 Å². The first-order chi connectivity index (χ1) is 16.3. The summed E-state index contributed by atoms with van der Waals surface area (Å²) in [6.45, 7) is 3.96.